The fourth-order valence-corrected chi connectivity index (χ4v) is 20.0. The summed E-state index contributed by atoms with van der Waals surface area (Å²) < 4.78 is 0. The minimum Gasteiger partial charge on any atom is -0.383 e. The van der Waals surface area contributed by atoms with Gasteiger partial charge in [-0.25, -0.2) is 4.98 Å². The standard InChI is InChI=1S/4C18H15P.C13H10N4O2.Pd/c4*1-4-10-16(11-5-1)19(17-12-6-2-7-13-17)18-14-8-3-9-15-18;14-13-12-10(7-16-11(12)5-6-15-13)8-1-3-9(4-2-8)17(18)19;/h4*1-15H;1-7,16H,(H2,14,15);. The summed E-state index contributed by atoms with van der Waals surface area (Å²) in [5, 5.41) is 28.2. The number of benzene rings is 13. The van der Waals surface area contributed by atoms with E-state index in [1.807, 2.05) is 12.3 Å². The maximum absolute atomic E-state index is 10.6. The number of pyridine rings is 1. The number of hydrogen-bond donors (Lipinski definition) is 2. The molecule has 0 aliphatic heterocycles. The molecule has 6 nitrogen and oxygen atoms in total. The Balaban J connectivity index is 0.000000130. The van der Waals surface area contributed by atoms with Crippen molar-refractivity contribution in [2.24, 2.45) is 0 Å². The summed E-state index contributed by atoms with van der Waals surface area (Å²) in [6, 6.07) is 137. The average molecular weight is 1410 g/mol. The number of rotatable bonds is 14. The Hall–Kier alpha value is -9.87. The van der Waals surface area contributed by atoms with Gasteiger partial charge in [0.15, 0.2) is 0 Å². The Bertz CT molecular complexity index is 3820. The third kappa shape index (κ3) is 19.0. The molecule has 0 atom stereocenters. The maximum atomic E-state index is 10.6. The van der Waals surface area contributed by atoms with Crippen LogP contribution < -0.4 is 69.4 Å². The molecule has 0 unspecified atom stereocenters. The van der Waals surface area contributed by atoms with Gasteiger partial charge in [-0.2, -0.15) is 0 Å². The Morgan fingerprint density at radius 3 is 0.677 bits per heavy atom. The van der Waals surface area contributed by atoms with Crippen LogP contribution >= 0.6 is 31.7 Å². The number of nitro groups is 1. The van der Waals surface area contributed by atoms with Gasteiger partial charge in [0.1, 0.15) is 5.82 Å². The number of aromatic amines is 1. The normalized spacial score (nSPS) is 10.5. The van der Waals surface area contributed by atoms with Crippen molar-refractivity contribution in [3.8, 4) is 11.1 Å². The van der Waals surface area contributed by atoms with Gasteiger partial charge >= 0.3 is 0 Å². The van der Waals surface area contributed by atoms with Crippen LogP contribution in [0.1, 0.15) is 0 Å². The van der Waals surface area contributed by atoms with Crippen LogP contribution in [0.5, 0.6) is 0 Å². The number of non-ortho nitro benzene ring substituents is 1. The zero-order valence-electron chi connectivity index (χ0n) is 52.6. The van der Waals surface area contributed by atoms with Gasteiger partial charge in [-0.3, -0.25) is 10.1 Å². The number of fused-ring (bicyclic) bond motifs is 1. The molecular weight excluding hydrogens is 1340 g/mol. The summed E-state index contributed by atoms with van der Waals surface area (Å²) in [4.78, 5) is 17.4. The van der Waals surface area contributed by atoms with E-state index < -0.39 is 36.6 Å². The third-order valence-corrected chi connectivity index (χ3v) is 25.0. The number of nitro benzene ring substituents is 1. The molecule has 0 radical (unpaired) electrons. The molecule has 0 aliphatic carbocycles. The van der Waals surface area contributed by atoms with Gasteiger partial charge in [0.25, 0.3) is 5.69 Å². The SMILES string of the molecule is Nc1nccc2[nH]cc(-c3ccc([N+](=O)[O-])cc3)c12.[Pd].c1ccc(P(c2ccccc2)c2ccccc2)cc1.c1ccc(P(c2ccccc2)c2ccccc2)cc1.c1ccc(P(c2ccccc2)c2ccccc2)cc1.c1ccc(P(c2ccccc2)c2ccccc2)cc1. The number of aromatic nitrogens is 2. The second-order valence-corrected chi connectivity index (χ2v) is 30.4. The van der Waals surface area contributed by atoms with Gasteiger partial charge in [0, 0.05) is 55.9 Å². The van der Waals surface area contributed by atoms with Crippen LogP contribution in [0.2, 0.25) is 0 Å². The second-order valence-electron chi connectivity index (χ2n) is 21.5. The number of hydrogen-bond acceptors (Lipinski definition) is 4. The second kappa shape index (κ2) is 36.7. The topological polar surface area (TPSA) is 97.8 Å². The molecule has 96 heavy (non-hydrogen) atoms. The van der Waals surface area contributed by atoms with Gasteiger partial charge in [0.05, 0.1) is 10.4 Å². The quantitative estimate of drug-likeness (QED) is 0.0490. The number of nitrogens with one attached hydrogen (secondary N) is 1. The van der Waals surface area contributed by atoms with E-state index in [0.29, 0.717) is 5.82 Å². The Morgan fingerprint density at radius 2 is 0.490 bits per heavy atom. The molecule has 2 heterocycles. The minimum atomic E-state index is -0.446. The average Bonchev–Trinajstić information content (AvgIpc) is 1.60. The van der Waals surface area contributed by atoms with Gasteiger partial charge in [-0.15, -0.1) is 0 Å². The van der Waals surface area contributed by atoms with Gasteiger partial charge in [-0.05, 0) is 119 Å². The molecule has 0 saturated carbocycles. The molecular formula is C85H70N4O2P4Pd. The van der Waals surface area contributed by atoms with Crippen LogP contribution in [0.25, 0.3) is 22.0 Å². The molecule has 0 aliphatic rings. The first-order valence-corrected chi connectivity index (χ1v) is 36.6. The molecule has 472 valence electrons. The van der Waals surface area contributed by atoms with Crippen LogP contribution in [0, 0.1) is 10.1 Å². The molecule has 3 N–H and O–H groups in total. The fraction of sp³-hybridized carbons (Fsp3) is 0. The number of nitrogens with two attached hydrogens (primary N) is 1. The summed E-state index contributed by atoms with van der Waals surface area (Å²) in [6.45, 7) is 0. The van der Waals surface area contributed by atoms with Gasteiger partial charge in [0.2, 0.25) is 0 Å². The smallest absolute Gasteiger partial charge is 0.269 e. The molecule has 0 bridgehead atoms. The van der Waals surface area contributed by atoms with Crippen molar-refractivity contribution in [3.63, 3.8) is 0 Å². The number of anilines is 1. The Morgan fingerprint density at radius 1 is 0.292 bits per heavy atom. The van der Waals surface area contributed by atoms with Crippen LogP contribution in [-0.2, 0) is 20.4 Å². The zero-order valence-corrected chi connectivity index (χ0v) is 57.7. The molecule has 13 aromatic carbocycles. The van der Waals surface area contributed by atoms with Gasteiger partial charge in [-0.1, -0.05) is 364 Å². The van der Waals surface area contributed by atoms with Crippen LogP contribution in [0.3, 0.4) is 0 Å². The van der Waals surface area contributed by atoms with Crippen LogP contribution in [0.15, 0.2) is 407 Å². The fourth-order valence-electron chi connectivity index (χ4n) is 10.8. The van der Waals surface area contributed by atoms with Crippen molar-refractivity contribution >= 4 is 118 Å². The Labute approximate surface area is 582 Å². The first-order valence-electron chi connectivity index (χ1n) is 31.2. The number of nitrogens with zero attached hydrogens (tertiary/aromatic N) is 2. The number of H-pyrrole nitrogens is 1. The van der Waals surface area contributed by atoms with E-state index in [1.165, 1.54) is 75.8 Å². The largest absolute Gasteiger partial charge is 0.383 e. The van der Waals surface area contributed by atoms with E-state index in [1.54, 1.807) is 18.3 Å². The van der Waals surface area contributed by atoms with Crippen molar-refractivity contribution in [3.05, 3.63) is 417 Å². The van der Waals surface area contributed by atoms with E-state index in [9.17, 15) is 10.1 Å². The summed E-state index contributed by atoms with van der Waals surface area (Å²) in [5.41, 5.74) is 8.57. The van der Waals surface area contributed by atoms with Crippen molar-refractivity contribution in [1.82, 2.24) is 9.97 Å². The molecule has 0 spiro atoms. The molecule has 0 amide bonds. The molecule has 0 saturated heterocycles. The number of nitrogen functional groups attached to an aromatic ring is 1. The van der Waals surface area contributed by atoms with E-state index in [0.717, 1.165) is 22.0 Å². The maximum Gasteiger partial charge on any atom is 0.269 e. The molecule has 11 heteroatoms. The summed E-state index contributed by atoms with van der Waals surface area (Å²) in [5.74, 6) is 0.437. The molecule has 2 aromatic heterocycles. The van der Waals surface area contributed by atoms with E-state index in [4.69, 9.17) is 5.73 Å². The summed E-state index contributed by atoms with van der Waals surface area (Å²) in [7, 11) is -1.78. The van der Waals surface area contributed by atoms with E-state index >= 15 is 0 Å². The van der Waals surface area contributed by atoms with Gasteiger partial charge < -0.3 is 10.7 Å². The first-order chi connectivity index (χ1) is 47.0. The summed E-state index contributed by atoms with van der Waals surface area (Å²) in [6.07, 6.45) is 3.46. The van der Waals surface area contributed by atoms with Crippen molar-refractivity contribution in [2.45, 2.75) is 0 Å². The monoisotopic (exact) mass is 1410 g/mol. The first kappa shape index (κ1) is 69.0. The van der Waals surface area contributed by atoms with E-state index in [-0.39, 0.29) is 26.1 Å². The predicted molar refractivity (Wildman–Crippen MR) is 413 cm³/mol. The van der Waals surface area contributed by atoms with Crippen LogP contribution in [-0.4, -0.2) is 14.9 Å². The predicted octanol–water partition coefficient (Wildman–Crippen LogP) is 16.5. The minimum absolute atomic E-state index is 0. The van der Waals surface area contributed by atoms with Crippen molar-refractivity contribution in [2.75, 3.05) is 5.73 Å². The molecule has 15 aromatic rings. The molecule has 15 rings (SSSR count). The van der Waals surface area contributed by atoms with Crippen molar-refractivity contribution in [1.29, 1.82) is 0 Å². The van der Waals surface area contributed by atoms with E-state index in [2.05, 4.69) is 374 Å². The molecule has 0 fully saturated rings. The zero-order chi connectivity index (χ0) is 65.1. The Kier molecular flexibility index (Phi) is 26.4. The summed E-state index contributed by atoms with van der Waals surface area (Å²) >= 11 is 0. The third-order valence-electron chi connectivity index (χ3n) is 15.2. The van der Waals surface area contributed by atoms with Crippen LogP contribution in [0.4, 0.5) is 11.5 Å². The van der Waals surface area contributed by atoms with Crippen molar-refractivity contribution < 1.29 is 25.3 Å².